The molecule has 1 amide bonds. The van der Waals surface area contributed by atoms with E-state index in [0.717, 1.165) is 32.5 Å². The summed E-state index contributed by atoms with van der Waals surface area (Å²) in [6, 6.07) is 8.21. The van der Waals surface area contributed by atoms with E-state index in [0.29, 0.717) is 18.9 Å². The molecule has 0 aromatic heterocycles. The van der Waals surface area contributed by atoms with Crippen molar-refractivity contribution in [3.63, 3.8) is 0 Å². The van der Waals surface area contributed by atoms with Crippen molar-refractivity contribution < 1.29 is 14.7 Å². The van der Waals surface area contributed by atoms with E-state index < -0.39 is 12.0 Å². The minimum absolute atomic E-state index is 0.0211. The molecular formula is C21H30N2O3. The maximum absolute atomic E-state index is 11.8. The van der Waals surface area contributed by atoms with Gasteiger partial charge in [0.2, 0.25) is 5.91 Å². The number of likely N-dealkylation sites (tertiary alicyclic amines) is 2. The Hall–Kier alpha value is -1.88. The van der Waals surface area contributed by atoms with Crippen LogP contribution in [0.3, 0.4) is 0 Å². The van der Waals surface area contributed by atoms with Crippen LogP contribution in [0.15, 0.2) is 24.3 Å². The average molecular weight is 358 g/mol. The number of piperidine rings is 1. The van der Waals surface area contributed by atoms with Crippen LogP contribution in [0.5, 0.6) is 0 Å². The zero-order chi connectivity index (χ0) is 18.9. The summed E-state index contributed by atoms with van der Waals surface area (Å²) in [6.07, 6.45) is 2.52. The molecule has 0 bridgehead atoms. The van der Waals surface area contributed by atoms with Crippen molar-refractivity contribution in [3.05, 3.63) is 35.4 Å². The fourth-order valence-electron chi connectivity index (χ4n) is 4.42. The normalized spacial score (nSPS) is 22.9. The predicted molar refractivity (Wildman–Crippen MR) is 101 cm³/mol. The molecule has 142 valence electrons. The van der Waals surface area contributed by atoms with E-state index in [1.165, 1.54) is 18.1 Å². The van der Waals surface area contributed by atoms with E-state index in [2.05, 4.69) is 43.0 Å². The third-order valence-corrected chi connectivity index (χ3v) is 6.17. The van der Waals surface area contributed by atoms with E-state index in [-0.39, 0.29) is 11.3 Å². The van der Waals surface area contributed by atoms with Crippen molar-refractivity contribution in [2.45, 2.75) is 58.5 Å². The van der Waals surface area contributed by atoms with Gasteiger partial charge in [0.1, 0.15) is 6.04 Å². The molecule has 1 atom stereocenters. The van der Waals surface area contributed by atoms with Crippen LogP contribution in [-0.2, 0) is 16.1 Å². The topological polar surface area (TPSA) is 60.9 Å². The summed E-state index contributed by atoms with van der Waals surface area (Å²) in [5.74, 6) is -0.445. The first-order chi connectivity index (χ1) is 12.3. The monoisotopic (exact) mass is 358 g/mol. The van der Waals surface area contributed by atoms with Crippen molar-refractivity contribution in [3.8, 4) is 0 Å². The summed E-state index contributed by atoms with van der Waals surface area (Å²) in [5.41, 5.74) is 2.67. The number of nitrogens with zero attached hydrogens (tertiary/aromatic N) is 2. The van der Waals surface area contributed by atoms with Gasteiger partial charge < -0.3 is 10.0 Å². The molecule has 5 nitrogen and oxygen atoms in total. The molecule has 0 saturated carbocycles. The minimum atomic E-state index is -0.871. The number of rotatable bonds is 4. The van der Waals surface area contributed by atoms with E-state index in [9.17, 15) is 14.7 Å². The lowest BCUT2D eigenvalue weighted by atomic mass is 9.76. The summed E-state index contributed by atoms with van der Waals surface area (Å²) in [7, 11) is 0. The Morgan fingerprint density at radius 3 is 2.27 bits per heavy atom. The van der Waals surface area contributed by atoms with Crippen LogP contribution < -0.4 is 0 Å². The molecule has 2 saturated heterocycles. The number of hydrogen-bond acceptors (Lipinski definition) is 3. The molecule has 2 aliphatic rings. The Bertz CT molecular complexity index is 636. The van der Waals surface area contributed by atoms with Crippen LogP contribution in [-0.4, -0.2) is 52.5 Å². The number of carbonyl (C=O) groups excluding carboxylic acids is 1. The molecule has 2 aliphatic heterocycles. The quantitative estimate of drug-likeness (QED) is 0.898. The molecule has 2 fully saturated rings. The highest BCUT2D eigenvalue weighted by molar-refractivity contribution is 5.83. The predicted octanol–water partition coefficient (Wildman–Crippen LogP) is 3.10. The first-order valence-corrected chi connectivity index (χ1v) is 9.61. The lowest BCUT2D eigenvalue weighted by Crippen LogP contribution is -2.42. The van der Waals surface area contributed by atoms with Gasteiger partial charge in [0, 0.05) is 20.0 Å². The average Bonchev–Trinajstić information content (AvgIpc) is 2.98. The summed E-state index contributed by atoms with van der Waals surface area (Å²) in [4.78, 5) is 27.3. The van der Waals surface area contributed by atoms with Crippen molar-refractivity contribution in [1.82, 2.24) is 9.80 Å². The summed E-state index contributed by atoms with van der Waals surface area (Å²) in [5, 5.41) is 9.45. The summed E-state index contributed by atoms with van der Waals surface area (Å²) < 4.78 is 0. The van der Waals surface area contributed by atoms with E-state index in [1.807, 2.05) is 0 Å². The Balaban J connectivity index is 1.59. The van der Waals surface area contributed by atoms with Gasteiger partial charge in [-0.25, -0.2) is 4.79 Å². The zero-order valence-corrected chi connectivity index (χ0v) is 16.1. The van der Waals surface area contributed by atoms with Crippen molar-refractivity contribution in [2.75, 3.05) is 19.6 Å². The Morgan fingerprint density at radius 2 is 1.81 bits per heavy atom. The minimum Gasteiger partial charge on any atom is -0.480 e. The smallest absolute Gasteiger partial charge is 0.326 e. The lowest BCUT2D eigenvalue weighted by Gasteiger charge is -2.39. The summed E-state index contributed by atoms with van der Waals surface area (Å²) in [6.45, 7) is 9.34. The molecule has 1 aromatic carbocycles. The lowest BCUT2D eigenvalue weighted by molar-refractivity contribution is -0.147. The zero-order valence-electron chi connectivity index (χ0n) is 16.1. The number of aliphatic carboxylic acids is 1. The Labute approximate surface area is 156 Å². The van der Waals surface area contributed by atoms with E-state index in [4.69, 9.17) is 0 Å². The summed E-state index contributed by atoms with van der Waals surface area (Å²) >= 11 is 0. The van der Waals surface area contributed by atoms with Crippen LogP contribution in [0.2, 0.25) is 0 Å². The molecule has 1 aromatic rings. The number of carboxylic acid groups (broad SMARTS) is 1. The standard InChI is InChI=1S/C21H30N2O3/c1-15(2)18-6-4-17(5-7-18)13-22-10-8-21(9-11-22)12-19(20(25)26)23(14-21)16(3)24/h4-7,15,19H,8-14H2,1-3H3,(H,25,26)/t19-/m0/s1. The SMILES string of the molecule is CC(=O)N1CC2(CCN(Cc3ccc(C(C)C)cc3)CC2)C[C@H]1C(=O)O. The van der Waals surface area contributed by atoms with E-state index >= 15 is 0 Å². The van der Waals surface area contributed by atoms with Gasteiger partial charge in [-0.2, -0.15) is 0 Å². The highest BCUT2D eigenvalue weighted by Crippen LogP contribution is 2.43. The van der Waals surface area contributed by atoms with Gasteiger partial charge in [0.25, 0.3) is 0 Å². The number of carbonyl (C=O) groups is 2. The Kier molecular flexibility index (Phi) is 5.37. The van der Waals surface area contributed by atoms with Crippen LogP contribution in [0.25, 0.3) is 0 Å². The number of amides is 1. The maximum atomic E-state index is 11.8. The second-order valence-electron chi connectivity index (χ2n) is 8.38. The van der Waals surface area contributed by atoms with E-state index in [1.54, 1.807) is 4.90 Å². The fourth-order valence-corrected chi connectivity index (χ4v) is 4.42. The van der Waals surface area contributed by atoms with Crippen LogP contribution in [0.1, 0.15) is 57.1 Å². The Morgan fingerprint density at radius 1 is 1.19 bits per heavy atom. The van der Waals surface area contributed by atoms with Crippen molar-refractivity contribution in [2.24, 2.45) is 5.41 Å². The molecular weight excluding hydrogens is 328 g/mol. The first-order valence-electron chi connectivity index (χ1n) is 9.61. The number of benzene rings is 1. The molecule has 1 N–H and O–H groups in total. The fraction of sp³-hybridized carbons (Fsp3) is 0.619. The number of carboxylic acids is 1. The molecule has 0 aliphatic carbocycles. The van der Waals surface area contributed by atoms with Gasteiger partial charge in [0.05, 0.1) is 0 Å². The third-order valence-electron chi connectivity index (χ3n) is 6.17. The van der Waals surface area contributed by atoms with Gasteiger partial charge >= 0.3 is 5.97 Å². The molecule has 0 radical (unpaired) electrons. The van der Waals surface area contributed by atoms with Crippen molar-refractivity contribution in [1.29, 1.82) is 0 Å². The van der Waals surface area contributed by atoms with Crippen molar-refractivity contribution >= 4 is 11.9 Å². The van der Waals surface area contributed by atoms with Crippen LogP contribution in [0, 0.1) is 5.41 Å². The van der Waals surface area contributed by atoms with Crippen LogP contribution in [0.4, 0.5) is 0 Å². The molecule has 5 heteroatoms. The molecule has 2 heterocycles. The van der Waals surface area contributed by atoms with Gasteiger partial charge in [-0.15, -0.1) is 0 Å². The second kappa shape index (κ2) is 7.39. The van der Waals surface area contributed by atoms with Gasteiger partial charge in [0.15, 0.2) is 0 Å². The number of hydrogen-bond donors (Lipinski definition) is 1. The molecule has 0 unspecified atom stereocenters. The second-order valence-corrected chi connectivity index (χ2v) is 8.38. The van der Waals surface area contributed by atoms with Crippen LogP contribution >= 0.6 is 0 Å². The highest BCUT2D eigenvalue weighted by atomic mass is 16.4. The largest absolute Gasteiger partial charge is 0.480 e. The van der Waals surface area contributed by atoms with Gasteiger partial charge in [-0.3, -0.25) is 9.69 Å². The molecule has 3 rings (SSSR count). The van der Waals surface area contributed by atoms with Gasteiger partial charge in [-0.1, -0.05) is 38.1 Å². The first kappa shape index (κ1) is 18.9. The van der Waals surface area contributed by atoms with Gasteiger partial charge in [-0.05, 0) is 54.8 Å². The third kappa shape index (κ3) is 3.93. The highest BCUT2D eigenvalue weighted by Gasteiger charge is 2.48. The maximum Gasteiger partial charge on any atom is 0.326 e. The molecule has 26 heavy (non-hydrogen) atoms. The molecule has 1 spiro atoms.